The SMILES string of the molecule is CCCc1c(C(OC)OC)n(CCc2ccccc2)c(=O)n1Cc1ccc(-c2ccccc2C(=O)O)cc1. The average Bonchev–Trinajstić information content (AvgIpc) is 3.19. The molecule has 0 aliphatic carbocycles. The van der Waals surface area contributed by atoms with Crippen LogP contribution in [0.4, 0.5) is 0 Å². The number of methoxy groups -OCH3 is 2. The van der Waals surface area contributed by atoms with Crippen molar-refractivity contribution in [1.82, 2.24) is 9.13 Å². The Morgan fingerprint density at radius 2 is 1.50 bits per heavy atom. The molecule has 1 heterocycles. The molecule has 0 aliphatic rings. The molecule has 0 unspecified atom stereocenters. The lowest BCUT2D eigenvalue weighted by Crippen LogP contribution is -2.27. The lowest BCUT2D eigenvalue weighted by molar-refractivity contribution is -0.111. The molecule has 3 aromatic carbocycles. The van der Waals surface area contributed by atoms with E-state index in [1.165, 1.54) is 0 Å². The molecule has 4 rings (SSSR count). The minimum Gasteiger partial charge on any atom is -0.478 e. The standard InChI is InChI=1S/C31H34N2O5/c1-4-10-27-28(30(37-2)38-3)32(20-19-22-11-6-5-7-12-22)31(36)33(27)21-23-15-17-24(18-16-23)25-13-8-9-14-26(25)29(34)35/h5-9,11-18,30H,4,10,19-21H2,1-3H3,(H,34,35). The van der Waals surface area contributed by atoms with Gasteiger partial charge >= 0.3 is 11.7 Å². The minimum absolute atomic E-state index is 0.0984. The molecule has 0 bridgehead atoms. The van der Waals surface area contributed by atoms with Crippen molar-refractivity contribution in [1.29, 1.82) is 0 Å². The van der Waals surface area contributed by atoms with Crippen LogP contribution in [0.2, 0.25) is 0 Å². The van der Waals surface area contributed by atoms with E-state index in [0.717, 1.165) is 34.5 Å². The number of ether oxygens (including phenoxy) is 2. The Labute approximate surface area is 222 Å². The van der Waals surface area contributed by atoms with E-state index >= 15 is 0 Å². The molecule has 0 spiro atoms. The number of rotatable bonds is 12. The number of benzene rings is 3. The fourth-order valence-corrected chi connectivity index (χ4v) is 4.90. The largest absolute Gasteiger partial charge is 0.478 e. The first-order valence-electron chi connectivity index (χ1n) is 12.8. The van der Waals surface area contributed by atoms with Gasteiger partial charge < -0.3 is 14.6 Å². The summed E-state index contributed by atoms with van der Waals surface area (Å²) < 4.78 is 14.9. The number of aromatic carboxylic acids is 1. The summed E-state index contributed by atoms with van der Waals surface area (Å²) in [5, 5.41) is 9.56. The van der Waals surface area contributed by atoms with Crippen LogP contribution in [0.1, 0.15) is 52.5 Å². The smallest absolute Gasteiger partial charge is 0.336 e. The third kappa shape index (κ3) is 5.79. The van der Waals surface area contributed by atoms with Crippen molar-refractivity contribution in [3.8, 4) is 11.1 Å². The van der Waals surface area contributed by atoms with Gasteiger partial charge in [-0.05, 0) is 41.2 Å². The van der Waals surface area contributed by atoms with Crippen LogP contribution in [-0.2, 0) is 35.4 Å². The number of aryl methyl sites for hydroxylation is 1. The molecular weight excluding hydrogens is 480 g/mol. The van der Waals surface area contributed by atoms with Crippen molar-refractivity contribution < 1.29 is 19.4 Å². The van der Waals surface area contributed by atoms with Gasteiger partial charge in [-0.15, -0.1) is 0 Å². The highest BCUT2D eigenvalue weighted by Gasteiger charge is 2.26. The molecule has 0 saturated heterocycles. The predicted molar refractivity (Wildman–Crippen MR) is 148 cm³/mol. The summed E-state index contributed by atoms with van der Waals surface area (Å²) in [6, 6.07) is 24.7. The molecule has 38 heavy (non-hydrogen) atoms. The van der Waals surface area contributed by atoms with Crippen LogP contribution >= 0.6 is 0 Å². The highest BCUT2D eigenvalue weighted by Crippen LogP contribution is 2.26. The second-order valence-corrected chi connectivity index (χ2v) is 9.19. The van der Waals surface area contributed by atoms with E-state index in [9.17, 15) is 14.7 Å². The molecule has 1 aromatic heterocycles. The fraction of sp³-hybridized carbons (Fsp3) is 0.290. The molecule has 0 radical (unpaired) electrons. The first kappa shape index (κ1) is 27.1. The molecule has 7 heteroatoms. The van der Waals surface area contributed by atoms with E-state index in [-0.39, 0.29) is 11.3 Å². The average molecular weight is 515 g/mol. The van der Waals surface area contributed by atoms with E-state index < -0.39 is 12.3 Å². The molecule has 198 valence electrons. The summed E-state index contributed by atoms with van der Waals surface area (Å²) in [5.41, 5.74) is 5.38. The van der Waals surface area contributed by atoms with Crippen molar-refractivity contribution >= 4 is 5.97 Å². The molecule has 0 saturated carbocycles. The maximum atomic E-state index is 13.8. The summed E-state index contributed by atoms with van der Waals surface area (Å²) in [6.07, 6.45) is 1.62. The normalized spacial score (nSPS) is 11.3. The summed E-state index contributed by atoms with van der Waals surface area (Å²) >= 11 is 0. The van der Waals surface area contributed by atoms with Gasteiger partial charge in [0.15, 0.2) is 6.29 Å². The van der Waals surface area contributed by atoms with Crippen molar-refractivity contribution in [3.63, 3.8) is 0 Å². The Balaban J connectivity index is 1.71. The maximum absolute atomic E-state index is 13.8. The van der Waals surface area contributed by atoms with Gasteiger partial charge in [0.05, 0.1) is 17.8 Å². The number of imidazole rings is 1. The molecule has 0 amide bonds. The number of hydrogen-bond acceptors (Lipinski definition) is 4. The molecular formula is C31H34N2O5. The Kier molecular flexibility index (Phi) is 8.94. The second-order valence-electron chi connectivity index (χ2n) is 9.19. The monoisotopic (exact) mass is 514 g/mol. The number of carboxylic acids is 1. The van der Waals surface area contributed by atoms with Crippen molar-refractivity contribution in [3.05, 3.63) is 117 Å². The van der Waals surface area contributed by atoms with E-state index in [4.69, 9.17) is 9.47 Å². The number of carboxylic acid groups (broad SMARTS) is 1. The number of nitrogens with zero attached hydrogens (tertiary/aromatic N) is 2. The first-order valence-corrected chi connectivity index (χ1v) is 12.8. The van der Waals surface area contributed by atoms with Crippen LogP contribution in [0.5, 0.6) is 0 Å². The topological polar surface area (TPSA) is 82.7 Å². The van der Waals surface area contributed by atoms with Crippen molar-refractivity contribution in [2.45, 2.75) is 45.6 Å². The minimum atomic E-state index is -0.962. The molecule has 0 aliphatic heterocycles. The van der Waals surface area contributed by atoms with Crippen LogP contribution in [0.25, 0.3) is 11.1 Å². The van der Waals surface area contributed by atoms with Gasteiger partial charge in [0.2, 0.25) is 0 Å². The van der Waals surface area contributed by atoms with E-state index in [1.54, 1.807) is 37.0 Å². The van der Waals surface area contributed by atoms with Crippen LogP contribution < -0.4 is 5.69 Å². The maximum Gasteiger partial charge on any atom is 0.336 e. The lowest BCUT2D eigenvalue weighted by atomic mass is 9.99. The Bertz CT molecular complexity index is 1420. The zero-order valence-corrected chi connectivity index (χ0v) is 22.1. The zero-order valence-electron chi connectivity index (χ0n) is 22.1. The van der Waals surface area contributed by atoms with Gasteiger partial charge in [-0.3, -0.25) is 9.13 Å². The Morgan fingerprint density at radius 3 is 2.13 bits per heavy atom. The third-order valence-corrected chi connectivity index (χ3v) is 6.74. The van der Waals surface area contributed by atoms with Crippen LogP contribution in [0.3, 0.4) is 0 Å². The van der Waals surface area contributed by atoms with E-state index in [2.05, 4.69) is 19.1 Å². The molecule has 7 nitrogen and oxygen atoms in total. The molecule has 1 N–H and O–H groups in total. The molecule has 0 atom stereocenters. The molecule has 0 fully saturated rings. The van der Waals surface area contributed by atoms with Gasteiger partial charge in [-0.1, -0.05) is 86.1 Å². The van der Waals surface area contributed by atoms with Gasteiger partial charge in [0.25, 0.3) is 0 Å². The quantitative estimate of drug-likeness (QED) is 0.251. The summed E-state index contributed by atoms with van der Waals surface area (Å²) in [6.45, 7) is 2.99. The Morgan fingerprint density at radius 1 is 0.842 bits per heavy atom. The van der Waals surface area contributed by atoms with Gasteiger partial charge in [-0.2, -0.15) is 0 Å². The fourth-order valence-electron chi connectivity index (χ4n) is 4.90. The second kappa shape index (κ2) is 12.5. The van der Waals surface area contributed by atoms with Crippen LogP contribution in [-0.4, -0.2) is 34.4 Å². The number of carbonyl (C=O) groups is 1. The van der Waals surface area contributed by atoms with Gasteiger partial charge in [0, 0.05) is 26.5 Å². The lowest BCUT2D eigenvalue weighted by Gasteiger charge is -2.18. The summed E-state index contributed by atoms with van der Waals surface area (Å²) in [4.78, 5) is 25.5. The van der Waals surface area contributed by atoms with Crippen LogP contribution in [0, 0.1) is 0 Å². The number of hydrogen-bond donors (Lipinski definition) is 1. The van der Waals surface area contributed by atoms with Gasteiger partial charge in [0.1, 0.15) is 0 Å². The third-order valence-electron chi connectivity index (χ3n) is 6.74. The highest BCUT2D eigenvalue weighted by atomic mass is 16.7. The van der Waals surface area contributed by atoms with Crippen LogP contribution in [0.15, 0.2) is 83.7 Å². The van der Waals surface area contributed by atoms with Crippen molar-refractivity contribution in [2.75, 3.05) is 14.2 Å². The Hall–Kier alpha value is -3.94. The first-order chi connectivity index (χ1) is 18.5. The molecule has 4 aromatic rings. The highest BCUT2D eigenvalue weighted by molar-refractivity contribution is 5.95. The summed E-state index contributed by atoms with van der Waals surface area (Å²) in [5.74, 6) is -0.962. The predicted octanol–water partition coefficient (Wildman–Crippen LogP) is 5.55. The van der Waals surface area contributed by atoms with E-state index in [0.29, 0.717) is 31.5 Å². The summed E-state index contributed by atoms with van der Waals surface area (Å²) in [7, 11) is 3.17. The zero-order chi connectivity index (χ0) is 27.1. The number of aromatic nitrogens is 2. The van der Waals surface area contributed by atoms with Gasteiger partial charge in [-0.25, -0.2) is 9.59 Å². The van der Waals surface area contributed by atoms with E-state index in [1.807, 2.05) is 53.1 Å². The van der Waals surface area contributed by atoms with Crippen molar-refractivity contribution in [2.24, 2.45) is 0 Å².